The van der Waals surface area contributed by atoms with Gasteiger partial charge in [0.1, 0.15) is 18.9 Å². The predicted octanol–water partition coefficient (Wildman–Crippen LogP) is 4.96. The number of aromatic nitrogens is 2. The lowest BCUT2D eigenvalue weighted by Crippen LogP contribution is -2.39. The number of ether oxygens (including phenoxy) is 2. The lowest BCUT2D eigenvalue weighted by atomic mass is 9.96. The third-order valence-electron chi connectivity index (χ3n) is 7.56. The first-order chi connectivity index (χ1) is 22.4. The van der Waals surface area contributed by atoms with Gasteiger partial charge in [-0.3, -0.25) is 14.2 Å². The Morgan fingerprint density at radius 3 is 2.52 bits per heavy atom. The second-order valence-corrected chi connectivity index (χ2v) is 11.6. The van der Waals surface area contributed by atoms with Crippen LogP contribution in [0.4, 0.5) is 5.69 Å². The third kappa shape index (κ3) is 6.07. The fourth-order valence-corrected chi connectivity index (χ4v) is 6.58. The molecule has 1 amide bonds. The minimum absolute atomic E-state index is 0.0963. The smallest absolute Gasteiger partial charge is 0.338 e. The molecule has 1 aliphatic rings. The van der Waals surface area contributed by atoms with E-state index >= 15 is 0 Å². The molecule has 10 heteroatoms. The molecule has 46 heavy (non-hydrogen) atoms. The van der Waals surface area contributed by atoms with E-state index in [1.165, 1.54) is 11.3 Å². The number of esters is 1. The molecule has 0 aliphatic carbocycles. The minimum atomic E-state index is -0.742. The number of carbonyl (C=O) groups is 2. The molecular weight excluding hydrogens is 600 g/mol. The van der Waals surface area contributed by atoms with Gasteiger partial charge < -0.3 is 19.4 Å². The number of rotatable bonds is 10. The van der Waals surface area contributed by atoms with Crippen molar-refractivity contribution in [1.29, 1.82) is 0 Å². The number of nitrogens with zero attached hydrogens (tertiary/aromatic N) is 3. The summed E-state index contributed by atoms with van der Waals surface area (Å²) in [6.07, 6.45) is 5.36. The van der Waals surface area contributed by atoms with Crippen molar-refractivity contribution in [3.63, 3.8) is 0 Å². The molecule has 0 radical (unpaired) electrons. The first-order valence-electron chi connectivity index (χ1n) is 14.8. The molecule has 1 atom stereocenters. The fraction of sp³-hybridized carbons (Fsp3) is 0.167. The number of amides is 1. The Hall–Kier alpha value is -5.48. The van der Waals surface area contributed by atoms with Gasteiger partial charge in [0.2, 0.25) is 5.91 Å². The molecule has 0 fully saturated rings. The first kappa shape index (κ1) is 30.5. The van der Waals surface area contributed by atoms with Crippen molar-refractivity contribution in [2.45, 2.75) is 26.4 Å². The van der Waals surface area contributed by atoms with E-state index in [0.29, 0.717) is 33.0 Å². The lowest BCUT2D eigenvalue weighted by molar-refractivity contribution is -0.139. The van der Waals surface area contributed by atoms with E-state index < -0.39 is 12.0 Å². The lowest BCUT2D eigenvalue weighted by Gasteiger charge is -2.24. The number of carbonyl (C=O) groups excluding carboxylic acids is 2. The molecule has 9 nitrogen and oxygen atoms in total. The molecule has 232 valence electrons. The van der Waals surface area contributed by atoms with E-state index in [4.69, 9.17) is 9.47 Å². The maximum absolute atomic E-state index is 14.2. The molecule has 0 spiro atoms. The summed E-state index contributed by atoms with van der Waals surface area (Å²) in [5.41, 5.74) is 3.60. The van der Waals surface area contributed by atoms with Crippen LogP contribution in [0.2, 0.25) is 0 Å². The molecule has 1 aliphatic heterocycles. The molecule has 5 aromatic rings. The zero-order valence-electron chi connectivity index (χ0n) is 25.4. The van der Waals surface area contributed by atoms with E-state index in [-0.39, 0.29) is 24.6 Å². The molecule has 3 heterocycles. The number of hydrogen-bond donors (Lipinski definition) is 1. The van der Waals surface area contributed by atoms with E-state index in [1.54, 1.807) is 36.6 Å². The van der Waals surface area contributed by atoms with Gasteiger partial charge in [0.05, 0.1) is 28.5 Å². The van der Waals surface area contributed by atoms with E-state index in [2.05, 4.69) is 16.9 Å². The molecule has 0 saturated carbocycles. The van der Waals surface area contributed by atoms with Gasteiger partial charge in [0, 0.05) is 28.4 Å². The zero-order chi connectivity index (χ0) is 32.2. The van der Waals surface area contributed by atoms with Gasteiger partial charge in [-0.25, -0.2) is 9.79 Å². The summed E-state index contributed by atoms with van der Waals surface area (Å²) < 4.78 is 14.9. The molecule has 0 bridgehead atoms. The molecule has 2 aromatic heterocycles. The molecule has 6 rings (SSSR count). The summed E-state index contributed by atoms with van der Waals surface area (Å²) in [6.45, 7) is 7.82. The normalized spacial score (nSPS) is 14.5. The Labute approximate surface area is 269 Å². The van der Waals surface area contributed by atoms with Crippen molar-refractivity contribution < 1.29 is 19.1 Å². The Kier molecular flexibility index (Phi) is 8.80. The van der Waals surface area contributed by atoms with Gasteiger partial charge in [-0.1, -0.05) is 72.5 Å². The minimum Gasteiger partial charge on any atom is -0.490 e. The highest BCUT2D eigenvalue weighted by atomic mass is 32.1. The van der Waals surface area contributed by atoms with Crippen molar-refractivity contribution in [2.75, 3.05) is 18.5 Å². The van der Waals surface area contributed by atoms with Crippen LogP contribution in [0.25, 0.3) is 17.0 Å². The monoisotopic (exact) mass is 632 g/mol. The Morgan fingerprint density at radius 1 is 1.04 bits per heavy atom. The molecule has 1 N–H and O–H groups in total. The summed E-state index contributed by atoms with van der Waals surface area (Å²) >= 11 is 1.25. The number of allylic oxidation sites excluding steroid dienone is 1. The van der Waals surface area contributed by atoms with Crippen molar-refractivity contribution in [3.8, 4) is 5.75 Å². The fourth-order valence-electron chi connectivity index (χ4n) is 5.55. The summed E-state index contributed by atoms with van der Waals surface area (Å²) in [5.74, 6) is -0.0455. The number of hydrogen-bond acceptors (Lipinski definition) is 7. The number of anilines is 1. The highest BCUT2D eigenvalue weighted by molar-refractivity contribution is 7.07. The van der Waals surface area contributed by atoms with Gasteiger partial charge in [-0.15, -0.1) is 0 Å². The Balaban J connectivity index is 1.43. The van der Waals surface area contributed by atoms with Crippen LogP contribution >= 0.6 is 11.3 Å². The van der Waals surface area contributed by atoms with Crippen LogP contribution in [-0.2, 0) is 20.9 Å². The van der Waals surface area contributed by atoms with Crippen LogP contribution in [-0.4, -0.2) is 34.2 Å². The number of nitrogens with one attached hydrogen (secondary N) is 1. The quantitative estimate of drug-likeness (QED) is 0.173. The average Bonchev–Trinajstić information content (AvgIpc) is 3.56. The number of thiazole rings is 1. The largest absolute Gasteiger partial charge is 0.490 e. The van der Waals surface area contributed by atoms with Crippen molar-refractivity contribution in [1.82, 2.24) is 9.13 Å². The second kappa shape index (κ2) is 13.3. The highest BCUT2D eigenvalue weighted by Crippen LogP contribution is 2.32. The van der Waals surface area contributed by atoms with Crippen LogP contribution in [0.3, 0.4) is 0 Å². The van der Waals surface area contributed by atoms with Crippen molar-refractivity contribution >= 4 is 45.9 Å². The SMILES string of the molecule is C=CCOc1ccc([C@@H]2C(C(=O)OCC)=C(C)N=c3s/c(=C\c4cn(CC(=O)Nc5ccccc5)c5ccccc45)c(=O)n32)cc1. The van der Waals surface area contributed by atoms with E-state index in [1.807, 2.05) is 83.6 Å². The summed E-state index contributed by atoms with van der Waals surface area (Å²) in [4.78, 5) is 45.5. The molecular formula is C36H32N4O5S. The maximum Gasteiger partial charge on any atom is 0.338 e. The van der Waals surface area contributed by atoms with Gasteiger partial charge in [0.15, 0.2) is 4.80 Å². The van der Waals surface area contributed by atoms with Crippen LogP contribution in [0, 0.1) is 0 Å². The summed E-state index contributed by atoms with van der Waals surface area (Å²) in [7, 11) is 0. The third-order valence-corrected chi connectivity index (χ3v) is 8.54. The maximum atomic E-state index is 14.2. The Bertz CT molecular complexity index is 2160. The van der Waals surface area contributed by atoms with Crippen LogP contribution in [0.1, 0.15) is 31.0 Å². The Morgan fingerprint density at radius 2 is 1.78 bits per heavy atom. The van der Waals surface area contributed by atoms with E-state index in [0.717, 1.165) is 27.7 Å². The second-order valence-electron chi connectivity index (χ2n) is 10.6. The molecule has 0 unspecified atom stereocenters. The standard InChI is InChI=1S/C36H32N4O5S/c1-4-19-45-27-17-15-24(16-18-27)33-32(35(43)44-5-2)23(3)37-36-40(33)34(42)30(46-36)20-25-21-39(29-14-10-9-13-28(25)29)22-31(41)38-26-11-7-6-8-12-26/h4,6-18,20-21,33H,1,5,19,22H2,2-3H3,(H,38,41)/b30-20-/t33-/m1/s1. The van der Waals surface area contributed by atoms with E-state index in [9.17, 15) is 14.4 Å². The molecule has 0 saturated heterocycles. The van der Waals surface area contributed by atoms with Crippen LogP contribution < -0.4 is 24.9 Å². The van der Waals surface area contributed by atoms with Crippen molar-refractivity contribution in [2.24, 2.45) is 4.99 Å². The van der Waals surface area contributed by atoms with Gasteiger partial charge in [0.25, 0.3) is 5.56 Å². The molecule has 3 aromatic carbocycles. The zero-order valence-corrected chi connectivity index (χ0v) is 26.3. The number of para-hydroxylation sites is 2. The highest BCUT2D eigenvalue weighted by Gasteiger charge is 2.33. The number of benzene rings is 3. The number of fused-ring (bicyclic) bond motifs is 2. The predicted molar refractivity (Wildman–Crippen MR) is 180 cm³/mol. The van der Waals surface area contributed by atoms with Crippen LogP contribution in [0.15, 0.2) is 119 Å². The van der Waals surface area contributed by atoms with Crippen molar-refractivity contribution in [3.05, 3.63) is 140 Å². The summed E-state index contributed by atoms with van der Waals surface area (Å²) in [5, 5.41) is 3.83. The first-order valence-corrected chi connectivity index (χ1v) is 15.7. The topological polar surface area (TPSA) is 104 Å². The average molecular weight is 633 g/mol. The van der Waals surface area contributed by atoms with Crippen LogP contribution in [0.5, 0.6) is 5.75 Å². The summed E-state index contributed by atoms with van der Waals surface area (Å²) in [6, 6.07) is 23.6. The van der Waals surface area contributed by atoms with Gasteiger partial charge in [-0.05, 0) is 55.8 Å². The van der Waals surface area contributed by atoms with Gasteiger partial charge >= 0.3 is 5.97 Å². The van der Waals surface area contributed by atoms with Gasteiger partial charge in [-0.2, -0.15) is 0 Å².